The predicted molar refractivity (Wildman–Crippen MR) is 76.8 cm³/mol. The van der Waals surface area contributed by atoms with E-state index in [4.69, 9.17) is 5.73 Å². The molecule has 0 saturated heterocycles. The fraction of sp³-hybridized carbons (Fsp3) is 0.267. The average molecular weight is 254 g/mol. The van der Waals surface area contributed by atoms with Gasteiger partial charge in [-0.25, -0.2) is 0 Å². The van der Waals surface area contributed by atoms with Gasteiger partial charge in [-0.15, -0.1) is 0 Å². The molecule has 0 spiro atoms. The molecule has 0 bridgehead atoms. The van der Waals surface area contributed by atoms with Crippen LogP contribution in [0.5, 0.6) is 0 Å². The normalized spacial score (nSPS) is 13.0. The van der Waals surface area contributed by atoms with Crippen molar-refractivity contribution in [3.63, 3.8) is 0 Å². The highest BCUT2D eigenvalue weighted by atomic mass is 15.2. The van der Waals surface area contributed by atoms with Crippen LogP contribution in [0.25, 0.3) is 10.9 Å². The number of hydrogen-bond donors (Lipinski definition) is 1. The molecule has 1 atom stereocenters. The van der Waals surface area contributed by atoms with Crippen molar-refractivity contribution >= 4 is 10.9 Å². The molecular weight excluding hydrogens is 236 g/mol. The van der Waals surface area contributed by atoms with E-state index in [2.05, 4.69) is 47.2 Å². The first kappa shape index (κ1) is 12.0. The van der Waals surface area contributed by atoms with E-state index in [0.29, 0.717) is 0 Å². The fourth-order valence-electron chi connectivity index (χ4n) is 2.46. The monoisotopic (exact) mass is 254 g/mol. The Morgan fingerprint density at radius 2 is 2.11 bits per heavy atom. The van der Waals surface area contributed by atoms with Gasteiger partial charge in [-0.1, -0.05) is 6.07 Å². The van der Waals surface area contributed by atoms with Gasteiger partial charge in [0.25, 0.3) is 0 Å². The Kier molecular flexibility index (Phi) is 2.87. The minimum Gasteiger partial charge on any atom is -0.351 e. The Bertz CT molecular complexity index is 708. The first-order valence-electron chi connectivity index (χ1n) is 6.41. The van der Waals surface area contributed by atoms with Gasteiger partial charge in [0.1, 0.15) is 0 Å². The molecule has 4 heteroatoms. The SMILES string of the molecule is Cn1cc(C(N)Cc2ccc3c(ccn3C)c2)cn1. The van der Waals surface area contributed by atoms with Gasteiger partial charge in [0.15, 0.2) is 0 Å². The van der Waals surface area contributed by atoms with Gasteiger partial charge in [0, 0.05) is 43.6 Å². The van der Waals surface area contributed by atoms with Crippen LogP contribution in [-0.4, -0.2) is 14.3 Å². The van der Waals surface area contributed by atoms with Crippen LogP contribution >= 0.6 is 0 Å². The molecule has 2 heterocycles. The summed E-state index contributed by atoms with van der Waals surface area (Å²) in [5.74, 6) is 0. The van der Waals surface area contributed by atoms with Gasteiger partial charge in [0.2, 0.25) is 0 Å². The van der Waals surface area contributed by atoms with E-state index in [1.54, 1.807) is 4.68 Å². The number of hydrogen-bond acceptors (Lipinski definition) is 2. The molecule has 2 N–H and O–H groups in total. The Morgan fingerprint density at radius 3 is 2.84 bits per heavy atom. The van der Waals surface area contributed by atoms with E-state index in [1.165, 1.54) is 16.5 Å². The number of nitrogens with zero attached hydrogens (tertiary/aromatic N) is 3. The summed E-state index contributed by atoms with van der Waals surface area (Å²) < 4.78 is 3.91. The van der Waals surface area contributed by atoms with E-state index in [-0.39, 0.29) is 6.04 Å². The van der Waals surface area contributed by atoms with Crippen molar-refractivity contribution < 1.29 is 0 Å². The van der Waals surface area contributed by atoms with Gasteiger partial charge < -0.3 is 10.3 Å². The minimum absolute atomic E-state index is 0.00476. The standard InChI is InChI=1S/C15H18N4/c1-18-6-5-12-7-11(3-4-15(12)18)8-14(16)13-9-17-19(2)10-13/h3-7,9-10,14H,8,16H2,1-2H3. The smallest absolute Gasteiger partial charge is 0.0537 e. The van der Waals surface area contributed by atoms with Crippen molar-refractivity contribution in [2.75, 3.05) is 0 Å². The zero-order valence-corrected chi connectivity index (χ0v) is 11.2. The molecule has 0 aliphatic heterocycles. The number of aryl methyl sites for hydroxylation is 2. The second-order valence-electron chi connectivity index (χ2n) is 5.08. The summed E-state index contributed by atoms with van der Waals surface area (Å²) >= 11 is 0. The maximum absolute atomic E-state index is 6.23. The highest BCUT2D eigenvalue weighted by Gasteiger charge is 2.09. The molecule has 0 aliphatic carbocycles. The lowest BCUT2D eigenvalue weighted by Crippen LogP contribution is -2.12. The number of benzene rings is 1. The van der Waals surface area contributed by atoms with E-state index in [1.807, 2.05) is 19.4 Å². The molecule has 4 nitrogen and oxygen atoms in total. The second kappa shape index (κ2) is 4.55. The van der Waals surface area contributed by atoms with Crippen molar-refractivity contribution in [2.24, 2.45) is 19.8 Å². The third-order valence-corrected chi connectivity index (χ3v) is 3.56. The van der Waals surface area contributed by atoms with Crippen LogP contribution in [0.15, 0.2) is 42.9 Å². The van der Waals surface area contributed by atoms with Crippen molar-refractivity contribution in [1.82, 2.24) is 14.3 Å². The summed E-state index contributed by atoms with van der Waals surface area (Å²) in [7, 11) is 3.97. The molecule has 1 unspecified atom stereocenters. The zero-order chi connectivity index (χ0) is 13.4. The van der Waals surface area contributed by atoms with Crippen LogP contribution in [0.3, 0.4) is 0 Å². The van der Waals surface area contributed by atoms with Crippen LogP contribution < -0.4 is 5.73 Å². The molecule has 0 saturated carbocycles. The molecule has 0 fully saturated rings. The first-order valence-corrected chi connectivity index (χ1v) is 6.41. The Morgan fingerprint density at radius 1 is 1.26 bits per heavy atom. The molecule has 3 aromatic rings. The van der Waals surface area contributed by atoms with Gasteiger partial charge >= 0.3 is 0 Å². The van der Waals surface area contributed by atoms with E-state index >= 15 is 0 Å². The van der Waals surface area contributed by atoms with Crippen molar-refractivity contribution in [1.29, 1.82) is 0 Å². The highest BCUT2D eigenvalue weighted by Crippen LogP contribution is 2.20. The maximum atomic E-state index is 6.23. The minimum atomic E-state index is -0.00476. The fourth-order valence-corrected chi connectivity index (χ4v) is 2.46. The predicted octanol–water partition coefficient (Wildman–Crippen LogP) is 2.15. The van der Waals surface area contributed by atoms with E-state index in [0.717, 1.165) is 12.0 Å². The van der Waals surface area contributed by atoms with Gasteiger partial charge in [0.05, 0.1) is 6.20 Å². The largest absolute Gasteiger partial charge is 0.351 e. The molecule has 0 aliphatic rings. The average Bonchev–Trinajstić information content (AvgIpc) is 2.97. The summed E-state index contributed by atoms with van der Waals surface area (Å²) in [6.07, 6.45) is 6.73. The Labute approximate surface area is 112 Å². The molecule has 1 aromatic carbocycles. The maximum Gasteiger partial charge on any atom is 0.0537 e. The van der Waals surface area contributed by atoms with Crippen LogP contribution in [0.1, 0.15) is 17.2 Å². The van der Waals surface area contributed by atoms with Crippen LogP contribution in [0, 0.1) is 0 Å². The number of fused-ring (bicyclic) bond motifs is 1. The number of nitrogens with two attached hydrogens (primary N) is 1. The first-order chi connectivity index (χ1) is 9.13. The lowest BCUT2D eigenvalue weighted by atomic mass is 10.0. The molecule has 0 radical (unpaired) electrons. The topological polar surface area (TPSA) is 48.8 Å². The summed E-state index contributed by atoms with van der Waals surface area (Å²) in [5.41, 5.74) is 9.82. The van der Waals surface area contributed by atoms with Crippen molar-refractivity contribution in [2.45, 2.75) is 12.5 Å². The van der Waals surface area contributed by atoms with Crippen molar-refractivity contribution in [3.05, 3.63) is 54.0 Å². The van der Waals surface area contributed by atoms with Crippen LogP contribution in [-0.2, 0) is 20.5 Å². The van der Waals surface area contributed by atoms with Crippen molar-refractivity contribution in [3.8, 4) is 0 Å². The van der Waals surface area contributed by atoms with Crippen LogP contribution in [0.2, 0.25) is 0 Å². The van der Waals surface area contributed by atoms with Gasteiger partial charge in [-0.05, 0) is 35.6 Å². The number of aromatic nitrogens is 3. The van der Waals surface area contributed by atoms with Gasteiger partial charge in [-0.3, -0.25) is 4.68 Å². The highest BCUT2D eigenvalue weighted by molar-refractivity contribution is 5.80. The molecular formula is C15H18N4. The lowest BCUT2D eigenvalue weighted by molar-refractivity contribution is 0.718. The summed E-state index contributed by atoms with van der Waals surface area (Å²) in [4.78, 5) is 0. The van der Waals surface area contributed by atoms with Crippen LogP contribution in [0.4, 0.5) is 0 Å². The third-order valence-electron chi connectivity index (χ3n) is 3.56. The summed E-state index contributed by atoms with van der Waals surface area (Å²) in [6.45, 7) is 0. The third kappa shape index (κ3) is 2.27. The molecule has 3 rings (SSSR count). The zero-order valence-electron chi connectivity index (χ0n) is 11.2. The van der Waals surface area contributed by atoms with E-state index < -0.39 is 0 Å². The second-order valence-corrected chi connectivity index (χ2v) is 5.08. The Balaban J connectivity index is 1.84. The summed E-state index contributed by atoms with van der Waals surface area (Å²) in [6, 6.07) is 8.65. The molecule has 19 heavy (non-hydrogen) atoms. The molecule has 0 amide bonds. The quantitative estimate of drug-likeness (QED) is 0.778. The Hall–Kier alpha value is -2.07. The molecule has 2 aromatic heterocycles. The summed E-state index contributed by atoms with van der Waals surface area (Å²) in [5, 5.41) is 5.43. The molecule has 98 valence electrons. The number of rotatable bonds is 3. The van der Waals surface area contributed by atoms with E-state index in [9.17, 15) is 0 Å². The lowest BCUT2D eigenvalue weighted by Gasteiger charge is -2.09. The van der Waals surface area contributed by atoms with Gasteiger partial charge in [-0.2, -0.15) is 5.10 Å².